The van der Waals surface area contributed by atoms with E-state index in [1.54, 1.807) is 0 Å². The highest BCUT2D eigenvalue weighted by Gasteiger charge is 2.42. The molecule has 1 unspecified atom stereocenters. The summed E-state index contributed by atoms with van der Waals surface area (Å²) in [5.41, 5.74) is 1.97. The van der Waals surface area contributed by atoms with Crippen LogP contribution in [0, 0.1) is 11.8 Å². The number of rotatable bonds is 3. The summed E-state index contributed by atoms with van der Waals surface area (Å²) in [7, 11) is -1.84. The van der Waals surface area contributed by atoms with Crippen molar-refractivity contribution in [1.29, 1.82) is 0 Å². The van der Waals surface area contributed by atoms with Gasteiger partial charge in [0.1, 0.15) is 0 Å². The van der Waals surface area contributed by atoms with Crippen LogP contribution in [-0.2, 0) is 5.22 Å². The van der Waals surface area contributed by atoms with E-state index in [1.807, 2.05) is 60.7 Å². The van der Waals surface area contributed by atoms with Gasteiger partial charge < -0.3 is 5.11 Å². The normalized spacial score (nSPS) is 13.9. The van der Waals surface area contributed by atoms with Crippen molar-refractivity contribution in [2.24, 2.45) is 0 Å². The maximum Gasteiger partial charge on any atom is 0.0891 e. The van der Waals surface area contributed by atoms with Crippen molar-refractivity contribution in [3.8, 4) is 11.8 Å². The highest BCUT2D eigenvalue weighted by molar-refractivity contribution is 6.78. The van der Waals surface area contributed by atoms with Gasteiger partial charge in [-0.2, -0.15) is 0 Å². The van der Waals surface area contributed by atoms with Crippen molar-refractivity contribution < 1.29 is 5.11 Å². The Balaban J connectivity index is 2.29. The van der Waals surface area contributed by atoms with Crippen LogP contribution in [0.5, 0.6) is 0 Å². The van der Waals surface area contributed by atoms with Crippen LogP contribution in [0.2, 0.25) is 19.6 Å². The van der Waals surface area contributed by atoms with E-state index in [4.69, 9.17) is 0 Å². The molecule has 0 aromatic heterocycles. The SMILES string of the molecule is C[Si](C)(C)C(O)(CC#Cc1ccccc1)c1ccccc1. The summed E-state index contributed by atoms with van der Waals surface area (Å²) in [4.78, 5) is 0. The minimum atomic E-state index is -1.84. The van der Waals surface area contributed by atoms with E-state index in [9.17, 15) is 5.11 Å². The molecule has 1 atom stereocenters. The van der Waals surface area contributed by atoms with Crippen molar-refractivity contribution in [3.63, 3.8) is 0 Å². The number of hydrogen-bond acceptors (Lipinski definition) is 1. The zero-order chi connectivity index (χ0) is 15.3. The summed E-state index contributed by atoms with van der Waals surface area (Å²) in [5.74, 6) is 6.34. The highest BCUT2D eigenvalue weighted by Crippen LogP contribution is 2.34. The summed E-state index contributed by atoms with van der Waals surface area (Å²) < 4.78 is 0. The van der Waals surface area contributed by atoms with Crippen molar-refractivity contribution in [1.82, 2.24) is 0 Å². The topological polar surface area (TPSA) is 20.2 Å². The van der Waals surface area contributed by atoms with E-state index in [0.717, 1.165) is 11.1 Å². The molecule has 0 aliphatic carbocycles. The fraction of sp³-hybridized carbons (Fsp3) is 0.263. The first kappa shape index (κ1) is 15.6. The van der Waals surface area contributed by atoms with Gasteiger partial charge in [0, 0.05) is 12.0 Å². The van der Waals surface area contributed by atoms with E-state index in [1.165, 1.54) is 0 Å². The molecule has 0 radical (unpaired) electrons. The zero-order valence-corrected chi connectivity index (χ0v) is 13.9. The first-order valence-electron chi connectivity index (χ1n) is 7.25. The maximum absolute atomic E-state index is 11.3. The van der Waals surface area contributed by atoms with Crippen molar-refractivity contribution >= 4 is 8.07 Å². The van der Waals surface area contributed by atoms with Crippen molar-refractivity contribution in [2.75, 3.05) is 0 Å². The summed E-state index contributed by atoms with van der Waals surface area (Å²) in [6, 6.07) is 19.8. The first-order valence-corrected chi connectivity index (χ1v) is 10.8. The molecule has 0 aliphatic heterocycles. The molecular weight excluding hydrogens is 272 g/mol. The maximum atomic E-state index is 11.3. The van der Waals surface area contributed by atoms with Gasteiger partial charge in [0.15, 0.2) is 0 Å². The van der Waals surface area contributed by atoms with Gasteiger partial charge in [-0.1, -0.05) is 80.0 Å². The van der Waals surface area contributed by atoms with E-state index in [0.29, 0.717) is 6.42 Å². The van der Waals surface area contributed by atoms with Gasteiger partial charge in [0.2, 0.25) is 0 Å². The molecule has 108 valence electrons. The average molecular weight is 294 g/mol. The standard InChI is InChI=1S/C19H22OSi/c1-21(2,3)19(20,18-14-8-5-9-15-18)16-10-13-17-11-6-4-7-12-17/h4-9,11-12,14-15,20H,16H2,1-3H3. The minimum absolute atomic E-state index is 0.474. The molecule has 21 heavy (non-hydrogen) atoms. The van der Waals surface area contributed by atoms with E-state index in [-0.39, 0.29) is 0 Å². The third kappa shape index (κ3) is 3.63. The summed E-state index contributed by atoms with van der Waals surface area (Å²) in [6.07, 6.45) is 0.474. The Morgan fingerprint density at radius 1 is 0.905 bits per heavy atom. The molecule has 2 heteroatoms. The first-order chi connectivity index (χ1) is 9.93. The Labute approximate surface area is 128 Å². The second kappa shape index (κ2) is 6.30. The van der Waals surface area contributed by atoms with Gasteiger partial charge in [-0.25, -0.2) is 0 Å². The van der Waals surface area contributed by atoms with Gasteiger partial charge in [0.25, 0.3) is 0 Å². The monoisotopic (exact) mass is 294 g/mol. The quantitative estimate of drug-likeness (QED) is 0.664. The predicted octanol–water partition coefficient (Wildman–Crippen LogP) is 4.19. The Kier molecular flexibility index (Phi) is 4.67. The molecule has 0 saturated heterocycles. The van der Waals surface area contributed by atoms with Crippen molar-refractivity contribution in [3.05, 3.63) is 71.8 Å². The summed E-state index contributed by atoms with van der Waals surface area (Å²) >= 11 is 0. The molecule has 0 spiro atoms. The minimum Gasteiger partial charge on any atom is -0.388 e. The zero-order valence-electron chi connectivity index (χ0n) is 12.9. The number of aliphatic hydroxyl groups is 1. The number of hydrogen-bond donors (Lipinski definition) is 1. The van der Waals surface area contributed by atoms with E-state index in [2.05, 4.69) is 31.5 Å². The van der Waals surface area contributed by atoms with E-state index < -0.39 is 13.3 Å². The molecular formula is C19H22OSi. The molecule has 0 bridgehead atoms. The molecule has 2 aromatic carbocycles. The van der Waals surface area contributed by atoms with Crippen molar-refractivity contribution in [2.45, 2.75) is 31.3 Å². The summed E-state index contributed by atoms with van der Waals surface area (Å²) in [6.45, 7) is 6.55. The van der Waals surface area contributed by atoms with Gasteiger partial charge in [-0.05, 0) is 17.7 Å². The fourth-order valence-corrected chi connectivity index (χ4v) is 3.96. The van der Waals surface area contributed by atoms with Crippen LogP contribution in [0.25, 0.3) is 0 Å². The Bertz CT molecular complexity index is 632. The van der Waals surface area contributed by atoms with Gasteiger partial charge in [0.05, 0.1) is 13.3 Å². The molecule has 0 saturated carbocycles. The van der Waals surface area contributed by atoms with Gasteiger partial charge >= 0.3 is 0 Å². The van der Waals surface area contributed by atoms with Crippen LogP contribution in [0.15, 0.2) is 60.7 Å². The molecule has 0 amide bonds. The second-order valence-corrected chi connectivity index (χ2v) is 11.6. The van der Waals surface area contributed by atoms with Crippen LogP contribution in [-0.4, -0.2) is 13.2 Å². The largest absolute Gasteiger partial charge is 0.388 e. The second-order valence-electron chi connectivity index (χ2n) is 6.32. The molecule has 2 aromatic rings. The lowest BCUT2D eigenvalue weighted by Crippen LogP contribution is -2.49. The molecule has 1 N–H and O–H groups in total. The van der Waals surface area contributed by atoms with Gasteiger partial charge in [-0.3, -0.25) is 0 Å². The molecule has 0 heterocycles. The highest BCUT2D eigenvalue weighted by atomic mass is 28.3. The Morgan fingerprint density at radius 2 is 1.43 bits per heavy atom. The lowest BCUT2D eigenvalue weighted by molar-refractivity contribution is 0.120. The van der Waals surface area contributed by atoms with Crippen LogP contribution < -0.4 is 0 Å². The lowest BCUT2D eigenvalue weighted by atomic mass is 10.1. The molecule has 0 aliphatic rings. The Morgan fingerprint density at radius 3 is 1.95 bits per heavy atom. The molecule has 1 nitrogen and oxygen atoms in total. The van der Waals surface area contributed by atoms with Crippen LogP contribution in [0.3, 0.4) is 0 Å². The van der Waals surface area contributed by atoms with Crippen LogP contribution >= 0.6 is 0 Å². The molecule has 0 fully saturated rings. The van der Waals surface area contributed by atoms with Gasteiger partial charge in [-0.15, -0.1) is 0 Å². The van der Waals surface area contributed by atoms with Crippen LogP contribution in [0.4, 0.5) is 0 Å². The predicted molar refractivity (Wildman–Crippen MR) is 91.6 cm³/mol. The molecule has 2 rings (SSSR count). The Hall–Kier alpha value is -1.82. The van der Waals surface area contributed by atoms with Crippen LogP contribution in [0.1, 0.15) is 17.5 Å². The fourth-order valence-electron chi connectivity index (χ4n) is 2.31. The summed E-state index contributed by atoms with van der Waals surface area (Å²) in [5, 5.41) is 10.4. The average Bonchev–Trinajstić information content (AvgIpc) is 2.48. The lowest BCUT2D eigenvalue weighted by Gasteiger charge is -2.38. The smallest absolute Gasteiger partial charge is 0.0891 e. The third-order valence-electron chi connectivity index (χ3n) is 3.84. The van der Waals surface area contributed by atoms with E-state index >= 15 is 0 Å². The number of benzene rings is 2. The third-order valence-corrected chi connectivity index (χ3v) is 6.79.